The highest BCUT2D eigenvalue weighted by Crippen LogP contribution is 2.44. The number of amides is 1. The SMILES string of the molecule is CCN1CCN(C(c2ccccc2OC)c2c(NC(=O)c3cccs3)sc(C)c2C)CC1. The molecule has 7 heteroatoms. The Kier molecular flexibility index (Phi) is 7.30. The number of carbonyl (C=O) groups is 1. The zero-order valence-corrected chi connectivity index (χ0v) is 20.8. The molecule has 0 saturated carbocycles. The molecule has 1 saturated heterocycles. The van der Waals surface area contributed by atoms with E-state index in [4.69, 9.17) is 4.74 Å². The first-order valence-electron chi connectivity index (χ1n) is 11.1. The number of nitrogens with one attached hydrogen (secondary N) is 1. The van der Waals surface area contributed by atoms with E-state index in [1.807, 2.05) is 29.6 Å². The number of carbonyl (C=O) groups excluding carboxylic acids is 1. The maximum Gasteiger partial charge on any atom is 0.266 e. The van der Waals surface area contributed by atoms with Crippen LogP contribution < -0.4 is 10.1 Å². The van der Waals surface area contributed by atoms with Crippen LogP contribution >= 0.6 is 22.7 Å². The van der Waals surface area contributed by atoms with Gasteiger partial charge in [0.2, 0.25) is 0 Å². The third-order valence-electron chi connectivity index (χ3n) is 6.33. The smallest absolute Gasteiger partial charge is 0.266 e. The van der Waals surface area contributed by atoms with E-state index < -0.39 is 0 Å². The number of rotatable bonds is 7. The molecule has 32 heavy (non-hydrogen) atoms. The highest BCUT2D eigenvalue weighted by atomic mass is 32.1. The third kappa shape index (κ3) is 4.62. The number of aryl methyl sites for hydroxylation is 1. The van der Waals surface area contributed by atoms with Gasteiger partial charge in [0.05, 0.1) is 18.0 Å². The summed E-state index contributed by atoms with van der Waals surface area (Å²) in [5, 5.41) is 6.11. The molecule has 170 valence electrons. The summed E-state index contributed by atoms with van der Waals surface area (Å²) in [6, 6.07) is 12.1. The van der Waals surface area contributed by atoms with Crippen molar-refractivity contribution in [3.8, 4) is 5.75 Å². The summed E-state index contributed by atoms with van der Waals surface area (Å²) < 4.78 is 5.79. The molecular formula is C25H31N3O2S2. The van der Waals surface area contributed by atoms with Gasteiger partial charge in [-0.15, -0.1) is 22.7 Å². The van der Waals surface area contributed by atoms with Gasteiger partial charge in [0.25, 0.3) is 5.91 Å². The van der Waals surface area contributed by atoms with E-state index >= 15 is 0 Å². The van der Waals surface area contributed by atoms with E-state index in [9.17, 15) is 4.79 Å². The van der Waals surface area contributed by atoms with Gasteiger partial charge in [0.1, 0.15) is 10.8 Å². The lowest BCUT2D eigenvalue weighted by molar-refractivity contribution is 0.102. The van der Waals surface area contributed by atoms with Crippen molar-refractivity contribution in [3.63, 3.8) is 0 Å². The van der Waals surface area contributed by atoms with Crippen LogP contribution in [0.4, 0.5) is 5.00 Å². The number of nitrogens with zero attached hydrogens (tertiary/aromatic N) is 2. The van der Waals surface area contributed by atoms with Crippen molar-refractivity contribution < 1.29 is 9.53 Å². The molecule has 1 unspecified atom stereocenters. The molecule has 1 aromatic carbocycles. The lowest BCUT2D eigenvalue weighted by Gasteiger charge is -2.40. The van der Waals surface area contributed by atoms with Crippen LogP contribution in [0.15, 0.2) is 41.8 Å². The molecule has 3 heterocycles. The van der Waals surface area contributed by atoms with Gasteiger partial charge in [-0.25, -0.2) is 0 Å². The summed E-state index contributed by atoms with van der Waals surface area (Å²) in [5.41, 5.74) is 3.57. The average molecular weight is 470 g/mol. The van der Waals surface area contributed by atoms with Gasteiger partial charge >= 0.3 is 0 Å². The number of thiophene rings is 2. The van der Waals surface area contributed by atoms with Crippen molar-refractivity contribution >= 4 is 33.6 Å². The number of hydrogen-bond acceptors (Lipinski definition) is 6. The van der Waals surface area contributed by atoms with Crippen molar-refractivity contribution in [1.29, 1.82) is 0 Å². The largest absolute Gasteiger partial charge is 0.496 e. The first-order valence-corrected chi connectivity index (χ1v) is 12.8. The topological polar surface area (TPSA) is 44.8 Å². The summed E-state index contributed by atoms with van der Waals surface area (Å²) in [5.74, 6) is 0.839. The number of piperazine rings is 1. The number of methoxy groups -OCH3 is 1. The Morgan fingerprint density at radius 1 is 1.12 bits per heavy atom. The van der Waals surface area contributed by atoms with Crippen LogP contribution in [0.25, 0.3) is 0 Å². The van der Waals surface area contributed by atoms with E-state index in [-0.39, 0.29) is 11.9 Å². The summed E-state index contributed by atoms with van der Waals surface area (Å²) in [7, 11) is 1.73. The Hall–Kier alpha value is -2.19. The summed E-state index contributed by atoms with van der Waals surface area (Å²) >= 11 is 3.13. The number of ether oxygens (including phenoxy) is 1. The fourth-order valence-electron chi connectivity index (χ4n) is 4.40. The molecule has 4 rings (SSSR count). The second-order valence-corrected chi connectivity index (χ2v) is 10.2. The Morgan fingerprint density at radius 3 is 2.53 bits per heavy atom. The van der Waals surface area contributed by atoms with Crippen LogP contribution in [0.1, 0.15) is 44.2 Å². The number of anilines is 1. The van der Waals surface area contributed by atoms with Crippen molar-refractivity contribution in [2.24, 2.45) is 0 Å². The Labute approximate surface area is 198 Å². The molecule has 2 aromatic heterocycles. The first-order chi connectivity index (χ1) is 15.5. The highest BCUT2D eigenvalue weighted by molar-refractivity contribution is 7.17. The molecule has 1 aliphatic heterocycles. The molecule has 0 bridgehead atoms. The number of hydrogen-bond donors (Lipinski definition) is 1. The van der Waals surface area contributed by atoms with E-state index in [1.54, 1.807) is 18.4 Å². The fourth-order valence-corrected chi connectivity index (χ4v) is 6.11. The van der Waals surface area contributed by atoms with Gasteiger partial charge in [-0.05, 0) is 43.5 Å². The Morgan fingerprint density at radius 2 is 1.88 bits per heavy atom. The number of likely N-dealkylation sites (N-methyl/N-ethyl adjacent to an activating group) is 1. The van der Waals surface area contributed by atoms with E-state index in [2.05, 4.69) is 48.0 Å². The van der Waals surface area contributed by atoms with Gasteiger partial charge in [0, 0.05) is 42.2 Å². The monoisotopic (exact) mass is 469 g/mol. The highest BCUT2D eigenvalue weighted by Gasteiger charge is 2.33. The minimum absolute atomic E-state index is 0.0220. The molecular weight excluding hydrogens is 438 g/mol. The molecule has 1 amide bonds. The van der Waals surface area contributed by atoms with E-state index in [1.165, 1.54) is 27.3 Å². The van der Waals surface area contributed by atoms with Gasteiger partial charge in [-0.2, -0.15) is 0 Å². The maximum atomic E-state index is 12.9. The zero-order valence-electron chi connectivity index (χ0n) is 19.2. The minimum atomic E-state index is -0.0444. The quantitative estimate of drug-likeness (QED) is 0.502. The molecule has 0 radical (unpaired) electrons. The van der Waals surface area contributed by atoms with Crippen molar-refractivity contribution in [1.82, 2.24) is 9.80 Å². The fraction of sp³-hybridized carbons (Fsp3) is 0.400. The zero-order chi connectivity index (χ0) is 22.7. The third-order valence-corrected chi connectivity index (χ3v) is 8.34. The molecule has 5 nitrogen and oxygen atoms in total. The predicted molar refractivity (Wildman–Crippen MR) is 135 cm³/mol. The molecule has 3 aromatic rings. The number of benzene rings is 1. The van der Waals surface area contributed by atoms with Gasteiger partial charge in [0.15, 0.2) is 0 Å². The minimum Gasteiger partial charge on any atom is -0.496 e. The van der Waals surface area contributed by atoms with E-state index in [0.29, 0.717) is 0 Å². The Bertz CT molecular complexity index is 1050. The summed E-state index contributed by atoms with van der Waals surface area (Å²) in [4.78, 5) is 19.9. The predicted octanol–water partition coefficient (Wildman–Crippen LogP) is 5.41. The standard InChI is InChI=1S/C25H31N3O2S2/c1-5-27-12-14-28(15-13-27)23(19-9-6-7-10-20(19)30-4)22-17(2)18(3)32-25(22)26-24(29)21-11-8-16-31-21/h6-11,16,23H,5,12-15H2,1-4H3,(H,26,29). The van der Waals surface area contributed by atoms with Crippen LogP contribution in [0.5, 0.6) is 5.75 Å². The second kappa shape index (κ2) is 10.2. The van der Waals surface area contributed by atoms with Gasteiger partial charge < -0.3 is 15.0 Å². The molecule has 1 fully saturated rings. The van der Waals surface area contributed by atoms with Crippen molar-refractivity contribution in [3.05, 3.63) is 68.2 Å². The normalized spacial score (nSPS) is 16.1. The van der Waals surface area contributed by atoms with Crippen LogP contribution in [-0.2, 0) is 0 Å². The van der Waals surface area contributed by atoms with Crippen LogP contribution in [0.3, 0.4) is 0 Å². The second-order valence-electron chi connectivity index (χ2n) is 8.07. The lowest BCUT2D eigenvalue weighted by Crippen LogP contribution is -2.47. The van der Waals surface area contributed by atoms with Gasteiger partial charge in [-0.3, -0.25) is 9.69 Å². The van der Waals surface area contributed by atoms with Crippen LogP contribution in [0, 0.1) is 13.8 Å². The van der Waals surface area contributed by atoms with E-state index in [0.717, 1.165) is 53.9 Å². The molecule has 1 atom stereocenters. The maximum absolute atomic E-state index is 12.9. The van der Waals surface area contributed by atoms with Crippen LogP contribution in [0.2, 0.25) is 0 Å². The van der Waals surface area contributed by atoms with Crippen LogP contribution in [-0.4, -0.2) is 55.5 Å². The first kappa shape index (κ1) is 23.0. The molecule has 0 spiro atoms. The molecule has 0 aliphatic carbocycles. The molecule has 1 aliphatic rings. The molecule has 1 N–H and O–H groups in total. The van der Waals surface area contributed by atoms with Crippen molar-refractivity contribution in [2.45, 2.75) is 26.8 Å². The lowest BCUT2D eigenvalue weighted by atomic mass is 9.93. The summed E-state index contributed by atoms with van der Waals surface area (Å²) in [6.07, 6.45) is 0. The van der Waals surface area contributed by atoms with Gasteiger partial charge in [-0.1, -0.05) is 31.2 Å². The average Bonchev–Trinajstić information content (AvgIpc) is 3.45. The van der Waals surface area contributed by atoms with Crippen molar-refractivity contribution in [2.75, 3.05) is 45.2 Å². The Balaban J connectivity index is 1.78. The summed E-state index contributed by atoms with van der Waals surface area (Å²) in [6.45, 7) is 11.6. The number of para-hydroxylation sites is 1.